The van der Waals surface area contributed by atoms with Crippen LogP contribution in [0.2, 0.25) is 0 Å². The van der Waals surface area contributed by atoms with Crippen molar-refractivity contribution >= 4 is 17.8 Å². The first-order valence-electron chi connectivity index (χ1n) is 5.17. The van der Waals surface area contributed by atoms with Gasteiger partial charge >= 0.3 is 5.97 Å². The van der Waals surface area contributed by atoms with Gasteiger partial charge in [0.05, 0.1) is 19.0 Å². The number of nitrogens with two attached hydrogens (primary N) is 1. The molecule has 1 aliphatic heterocycles. The number of amides is 1. The number of aliphatic carboxylic acids is 1. The monoisotopic (exact) mass is 239 g/mol. The highest BCUT2D eigenvalue weighted by Gasteiger charge is 2.33. The second kappa shape index (κ2) is 4.13. The number of hydrogen-bond donors (Lipinski definition) is 2. The molecule has 8 nitrogen and oxygen atoms in total. The fraction of sp³-hybridized carbons (Fsp3) is 0.556. The highest BCUT2D eigenvalue weighted by Crippen LogP contribution is 2.21. The summed E-state index contributed by atoms with van der Waals surface area (Å²) in [4.78, 5) is 27.9. The molecule has 0 saturated heterocycles. The zero-order valence-corrected chi connectivity index (χ0v) is 9.33. The van der Waals surface area contributed by atoms with Gasteiger partial charge in [0.15, 0.2) is 5.82 Å². The Morgan fingerprint density at radius 2 is 2.24 bits per heavy atom. The largest absolute Gasteiger partial charge is 0.481 e. The highest BCUT2D eigenvalue weighted by atomic mass is 16.4. The third kappa shape index (κ3) is 1.98. The average molecular weight is 239 g/mol. The second-order valence-corrected chi connectivity index (χ2v) is 3.88. The molecule has 3 N–H and O–H groups in total. The Morgan fingerprint density at radius 1 is 1.53 bits per heavy atom. The van der Waals surface area contributed by atoms with Crippen LogP contribution in [0.5, 0.6) is 0 Å². The molecule has 17 heavy (non-hydrogen) atoms. The number of fused-ring (bicyclic) bond motifs is 1. The van der Waals surface area contributed by atoms with Crippen LogP contribution in [0, 0.1) is 5.92 Å². The third-order valence-corrected chi connectivity index (χ3v) is 2.65. The molecular weight excluding hydrogens is 226 g/mol. The summed E-state index contributed by atoms with van der Waals surface area (Å²) in [5.41, 5.74) is 5.42. The normalized spacial score (nSPS) is 18.9. The van der Waals surface area contributed by atoms with Crippen LogP contribution >= 0.6 is 0 Å². The quantitative estimate of drug-likeness (QED) is 0.670. The first kappa shape index (κ1) is 11.5. The second-order valence-electron chi connectivity index (χ2n) is 3.88. The van der Waals surface area contributed by atoms with E-state index in [4.69, 9.17) is 10.8 Å². The summed E-state index contributed by atoms with van der Waals surface area (Å²) in [5.74, 6) is -1.11. The zero-order valence-electron chi connectivity index (χ0n) is 9.33. The van der Waals surface area contributed by atoms with E-state index in [1.54, 1.807) is 0 Å². The molecule has 0 fully saturated rings. The van der Waals surface area contributed by atoms with Gasteiger partial charge in [-0.05, 0) is 0 Å². The SMILES string of the molecule is CC(=O)N1CC(C(=O)O)Cn2nc(CN)nc21. The molecule has 1 aromatic heterocycles. The maximum atomic E-state index is 11.4. The number of carbonyl (C=O) groups is 2. The Bertz CT molecular complexity index is 469. The van der Waals surface area contributed by atoms with Gasteiger partial charge in [-0.3, -0.25) is 14.5 Å². The molecule has 1 atom stereocenters. The smallest absolute Gasteiger partial charge is 0.310 e. The van der Waals surface area contributed by atoms with Crippen LogP contribution in [0.3, 0.4) is 0 Å². The zero-order chi connectivity index (χ0) is 12.6. The summed E-state index contributed by atoms with van der Waals surface area (Å²) in [6, 6.07) is 0. The van der Waals surface area contributed by atoms with Gasteiger partial charge in [-0.2, -0.15) is 10.1 Å². The van der Waals surface area contributed by atoms with Crippen molar-refractivity contribution in [3.8, 4) is 0 Å². The number of rotatable bonds is 2. The van der Waals surface area contributed by atoms with Gasteiger partial charge in [-0.15, -0.1) is 0 Å². The Hall–Kier alpha value is -1.96. The van der Waals surface area contributed by atoms with Crippen LogP contribution in [-0.4, -0.2) is 38.3 Å². The lowest BCUT2D eigenvalue weighted by Crippen LogP contribution is -2.44. The van der Waals surface area contributed by atoms with E-state index in [2.05, 4.69) is 10.1 Å². The summed E-state index contributed by atoms with van der Waals surface area (Å²) in [7, 11) is 0. The van der Waals surface area contributed by atoms with E-state index >= 15 is 0 Å². The van der Waals surface area contributed by atoms with Crippen molar-refractivity contribution in [3.05, 3.63) is 5.82 Å². The van der Waals surface area contributed by atoms with Gasteiger partial charge in [0, 0.05) is 13.5 Å². The number of anilines is 1. The van der Waals surface area contributed by atoms with Crippen LogP contribution in [0.15, 0.2) is 0 Å². The lowest BCUT2D eigenvalue weighted by Gasteiger charge is -2.28. The van der Waals surface area contributed by atoms with Crippen molar-refractivity contribution in [1.29, 1.82) is 0 Å². The average Bonchev–Trinajstić information content (AvgIpc) is 2.69. The predicted molar refractivity (Wildman–Crippen MR) is 57.1 cm³/mol. The van der Waals surface area contributed by atoms with Crippen molar-refractivity contribution in [2.45, 2.75) is 20.0 Å². The van der Waals surface area contributed by atoms with Crippen molar-refractivity contribution in [3.63, 3.8) is 0 Å². The molecular formula is C9H13N5O3. The minimum absolute atomic E-state index is 0.118. The number of nitrogens with zero attached hydrogens (tertiary/aromatic N) is 4. The van der Waals surface area contributed by atoms with Crippen molar-refractivity contribution in [1.82, 2.24) is 14.8 Å². The lowest BCUT2D eigenvalue weighted by atomic mass is 10.1. The van der Waals surface area contributed by atoms with Crippen molar-refractivity contribution < 1.29 is 14.7 Å². The predicted octanol–water partition coefficient (Wildman–Crippen LogP) is -1.20. The topological polar surface area (TPSA) is 114 Å². The summed E-state index contributed by atoms with van der Waals surface area (Å²) >= 11 is 0. The molecule has 0 saturated carbocycles. The minimum atomic E-state index is -0.952. The van der Waals surface area contributed by atoms with E-state index < -0.39 is 11.9 Å². The van der Waals surface area contributed by atoms with Gasteiger partial charge in [-0.25, -0.2) is 4.68 Å². The summed E-state index contributed by atoms with van der Waals surface area (Å²) in [6.07, 6.45) is 0. The standard InChI is InChI=1S/C9H13N5O3/c1-5(15)13-3-6(8(16)17)4-14-9(13)11-7(2-10)12-14/h6H,2-4,10H2,1H3,(H,16,17). The summed E-state index contributed by atoms with van der Waals surface area (Å²) < 4.78 is 1.42. The number of aromatic nitrogens is 3. The van der Waals surface area contributed by atoms with Gasteiger partial charge in [-0.1, -0.05) is 0 Å². The van der Waals surface area contributed by atoms with E-state index in [0.717, 1.165) is 0 Å². The number of hydrogen-bond acceptors (Lipinski definition) is 5. The molecule has 0 spiro atoms. The fourth-order valence-electron chi connectivity index (χ4n) is 1.78. The first-order chi connectivity index (χ1) is 8.02. The number of carbonyl (C=O) groups excluding carboxylic acids is 1. The molecule has 1 amide bonds. The fourth-order valence-corrected chi connectivity index (χ4v) is 1.78. The summed E-state index contributed by atoms with van der Waals surface area (Å²) in [6.45, 7) is 1.85. The third-order valence-electron chi connectivity index (χ3n) is 2.65. The maximum Gasteiger partial charge on any atom is 0.310 e. The number of carboxylic acid groups (broad SMARTS) is 1. The Labute approximate surface area is 97.0 Å². The lowest BCUT2D eigenvalue weighted by molar-refractivity contribution is -0.142. The van der Waals surface area contributed by atoms with Gasteiger partial charge in [0.2, 0.25) is 11.9 Å². The van der Waals surface area contributed by atoms with E-state index in [0.29, 0.717) is 11.8 Å². The molecule has 8 heteroatoms. The maximum absolute atomic E-state index is 11.4. The van der Waals surface area contributed by atoms with Gasteiger partial charge < -0.3 is 10.8 Å². The molecule has 2 rings (SSSR count). The molecule has 2 heterocycles. The minimum Gasteiger partial charge on any atom is -0.481 e. The van der Waals surface area contributed by atoms with Crippen LogP contribution in [0.1, 0.15) is 12.7 Å². The van der Waals surface area contributed by atoms with Crippen molar-refractivity contribution in [2.24, 2.45) is 11.7 Å². The van der Waals surface area contributed by atoms with Crippen LogP contribution in [-0.2, 0) is 22.7 Å². The molecule has 0 bridgehead atoms. The molecule has 1 unspecified atom stereocenters. The van der Waals surface area contributed by atoms with Crippen molar-refractivity contribution in [2.75, 3.05) is 11.4 Å². The number of carboxylic acids is 1. The van der Waals surface area contributed by atoms with Crippen LogP contribution in [0.25, 0.3) is 0 Å². The molecule has 1 aliphatic rings. The highest BCUT2D eigenvalue weighted by molar-refractivity contribution is 5.91. The van der Waals surface area contributed by atoms with Gasteiger partial charge in [0.1, 0.15) is 0 Å². The van der Waals surface area contributed by atoms with Crippen LogP contribution < -0.4 is 10.6 Å². The first-order valence-corrected chi connectivity index (χ1v) is 5.17. The molecule has 0 aliphatic carbocycles. The Kier molecular flexibility index (Phi) is 2.80. The van der Waals surface area contributed by atoms with E-state index in [-0.39, 0.29) is 25.5 Å². The Morgan fingerprint density at radius 3 is 2.76 bits per heavy atom. The molecule has 1 aromatic rings. The van der Waals surface area contributed by atoms with E-state index in [1.165, 1.54) is 16.5 Å². The Balaban J connectivity index is 2.39. The van der Waals surface area contributed by atoms with Crippen LogP contribution in [0.4, 0.5) is 5.95 Å². The van der Waals surface area contributed by atoms with E-state index in [9.17, 15) is 9.59 Å². The molecule has 0 radical (unpaired) electrons. The van der Waals surface area contributed by atoms with Gasteiger partial charge in [0.25, 0.3) is 0 Å². The summed E-state index contributed by atoms with van der Waals surface area (Å²) in [5, 5.41) is 13.1. The molecule has 0 aromatic carbocycles. The van der Waals surface area contributed by atoms with E-state index in [1.807, 2.05) is 0 Å². The molecule has 92 valence electrons.